The molecule has 0 amide bonds. The Morgan fingerprint density at radius 2 is 1.67 bits per heavy atom. The van der Waals surface area contributed by atoms with Crippen molar-refractivity contribution in [1.82, 2.24) is 15.5 Å². The molecule has 4 rings (SSSR count). The van der Waals surface area contributed by atoms with Crippen LogP contribution in [0.15, 0.2) is 0 Å². The molecule has 0 spiro atoms. The third-order valence-corrected chi connectivity index (χ3v) is 6.46. The van der Waals surface area contributed by atoms with Crippen molar-refractivity contribution in [3.05, 3.63) is 0 Å². The van der Waals surface area contributed by atoms with Crippen LogP contribution in [0.2, 0.25) is 0 Å². The zero-order valence-corrected chi connectivity index (χ0v) is 14.6. The first kappa shape index (κ1) is 15.5. The molecule has 0 aromatic carbocycles. The van der Waals surface area contributed by atoms with Gasteiger partial charge in [0.1, 0.15) is 0 Å². The summed E-state index contributed by atoms with van der Waals surface area (Å²) < 4.78 is 0. The number of hydrogen-bond donors (Lipinski definition) is 2. The number of rotatable bonds is 5. The van der Waals surface area contributed by atoms with Crippen LogP contribution in [-0.4, -0.2) is 43.2 Å². The molecule has 0 aromatic rings. The Kier molecular flexibility index (Phi) is 4.47. The SMILES string of the molecule is CC(NC(=S)NCCN(C)C)C12CC3CC(CC(C3)C1)C2. The molecule has 1 unspecified atom stereocenters. The van der Waals surface area contributed by atoms with Gasteiger partial charge >= 0.3 is 0 Å². The van der Waals surface area contributed by atoms with Crippen LogP contribution in [0, 0.1) is 23.2 Å². The van der Waals surface area contributed by atoms with Gasteiger partial charge in [0.25, 0.3) is 0 Å². The highest BCUT2D eigenvalue weighted by Crippen LogP contribution is 2.61. The first-order valence-electron chi connectivity index (χ1n) is 8.66. The van der Waals surface area contributed by atoms with Crippen molar-refractivity contribution in [3.8, 4) is 0 Å². The van der Waals surface area contributed by atoms with E-state index >= 15 is 0 Å². The van der Waals surface area contributed by atoms with E-state index in [0.29, 0.717) is 11.5 Å². The van der Waals surface area contributed by atoms with Gasteiger partial charge in [0.2, 0.25) is 0 Å². The lowest BCUT2D eigenvalue weighted by molar-refractivity contribution is -0.0672. The Bertz CT molecular complexity index is 358. The summed E-state index contributed by atoms with van der Waals surface area (Å²) in [5.74, 6) is 3.03. The van der Waals surface area contributed by atoms with Crippen LogP contribution in [-0.2, 0) is 0 Å². The molecule has 4 fully saturated rings. The lowest BCUT2D eigenvalue weighted by Crippen LogP contribution is -2.57. The average Bonchev–Trinajstić information content (AvgIpc) is 2.36. The van der Waals surface area contributed by atoms with E-state index in [1.807, 2.05) is 0 Å². The van der Waals surface area contributed by atoms with Gasteiger partial charge in [-0.1, -0.05) is 0 Å². The average molecular weight is 310 g/mol. The van der Waals surface area contributed by atoms with Crippen LogP contribution in [0.25, 0.3) is 0 Å². The Hall–Kier alpha value is -0.350. The van der Waals surface area contributed by atoms with Crippen LogP contribution in [0.3, 0.4) is 0 Å². The second kappa shape index (κ2) is 6.04. The first-order valence-corrected chi connectivity index (χ1v) is 9.07. The number of nitrogens with zero attached hydrogens (tertiary/aromatic N) is 1. The van der Waals surface area contributed by atoms with Crippen molar-refractivity contribution in [2.75, 3.05) is 27.2 Å². The van der Waals surface area contributed by atoms with Gasteiger partial charge in [-0.15, -0.1) is 0 Å². The number of likely N-dealkylation sites (N-methyl/N-ethyl adjacent to an activating group) is 1. The van der Waals surface area contributed by atoms with E-state index in [9.17, 15) is 0 Å². The smallest absolute Gasteiger partial charge is 0.166 e. The molecule has 120 valence electrons. The minimum atomic E-state index is 0.519. The lowest BCUT2D eigenvalue weighted by atomic mass is 9.48. The predicted molar refractivity (Wildman–Crippen MR) is 92.4 cm³/mol. The Morgan fingerprint density at radius 3 is 2.14 bits per heavy atom. The largest absolute Gasteiger partial charge is 0.361 e. The fourth-order valence-electron chi connectivity index (χ4n) is 5.50. The molecular weight excluding hydrogens is 278 g/mol. The Balaban J connectivity index is 1.53. The third kappa shape index (κ3) is 3.37. The van der Waals surface area contributed by atoms with Gasteiger partial charge in [-0.3, -0.25) is 0 Å². The minimum Gasteiger partial charge on any atom is -0.361 e. The quantitative estimate of drug-likeness (QED) is 0.764. The molecule has 4 heteroatoms. The van der Waals surface area contributed by atoms with Gasteiger partial charge in [0, 0.05) is 19.1 Å². The normalized spacial score (nSPS) is 38.6. The van der Waals surface area contributed by atoms with Crippen molar-refractivity contribution in [3.63, 3.8) is 0 Å². The van der Waals surface area contributed by atoms with E-state index in [0.717, 1.165) is 36.0 Å². The standard InChI is InChI=1S/C17H31N3S/c1-12(19-16(21)18-4-5-20(2)3)17-9-13-6-14(10-17)8-15(7-13)11-17/h12-15H,4-11H2,1-3H3,(H2,18,19,21). The molecule has 4 aliphatic carbocycles. The summed E-state index contributed by atoms with van der Waals surface area (Å²) in [6.07, 6.45) is 8.85. The van der Waals surface area contributed by atoms with Crippen molar-refractivity contribution in [1.29, 1.82) is 0 Å². The van der Waals surface area contributed by atoms with Gasteiger partial charge < -0.3 is 15.5 Å². The topological polar surface area (TPSA) is 27.3 Å². The fraction of sp³-hybridized carbons (Fsp3) is 0.941. The highest BCUT2D eigenvalue weighted by molar-refractivity contribution is 7.80. The van der Waals surface area contributed by atoms with E-state index in [2.05, 4.69) is 36.6 Å². The zero-order valence-electron chi connectivity index (χ0n) is 13.8. The van der Waals surface area contributed by atoms with Crippen molar-refractivity contribution in [2.24, 2.45) is 23.2 Å². The summed E-state index contributed by atoms with van der Waals surface area (Å²) in [4.78, 5) is 2.18. The van der Waals surface area contributed by atoms with Crippen LogP contribution < -0.4 is 10.6 Å². The number of hydrogen-bond acceptors (Lipinski definition) is 2. The van der Waals surface area contributed by atoms with Crippen molar-refractivity contribution < 1.29 is 0 Å². The van der Waals surface area contributed by atoms with E-state index in [1.54, 1.807) is 0 Å². The Labute approximate surface area is 135 Å². The summed E-state index contributed by atoms with van der Waals surface area (Å²) in [6, 6.07) is 0.519. The number of nitrogens with one attached hydrogen (secondary N) is 2. The van der Waals surface area contributed by atoms with E-state index < -0.39 is 0 Å². The molecule has 0 aromatic heterocycles. The second-order valence-corrected chi connectivity index (χ2v) is 8.61. The molecule has 4 saturated carbocycles. The molecule has 4 bridgehead atoms. The second-order valence-electron chi connectivity index (χ2n) is 8.21. The maximum Gasteiger partial charge on any atom is 0.166 e. The summed E-state index contributed by atoms with van der Waals surface area (Å²) >= 11 is 5.50. The predicted octanol–water partition coefficient (Wildman–Crippen LogP) is 2.62. The summed E-state index contributed by atoms with van der Waals surface area (Å²) in [5.41, 5.74) is 0.530. The molecule has 2 N–H and O–H groups in total. The zero-order chi connectivity index (χ0) is 15.0. The number of thiocarbonyl (C=S) groups is 1. The summed E-state index contributed by atoms with van der Waals surface area (Å²) in [7, 11) is 4.19. The molecule has 4 aliphatic rings. The lowest BCUT2D eigenvalue weighted by Gasteiger charge is -2.59. The molecule has 0 heterocycles. The highest BCUT2D eigenvalue weighted by Gasteiger charge is 2.53. The molecule has 0 saturated heterocycles. The highest BCUT2D eigenvalue weighted by atomic mass is 32.1. The molecule has 1 atom stereocenters. The van der Waals surface area contributed by atoms with Gasteiger partial charge in [-0.05, 0) is 94.9 Å². The van der Waals surface area contributed by atoms with Crippen LogP contribution >= 0.6 is 12.2 Å². The monoisotopic (exact) mass is 309 g/mol. The molecule has 3 nitrogen and oxygen atoms in total. The maximum atomic E-state index is 5.50. The summed E-state index contributed by atoms with van der Waals surface area (Å²) in [6.45, 7) is 4.31. The van der Waals surface area contributed by atoms with Gasteiger partial charge in [0.15, 0.2) is 5.11 Å². The molecule has 0 aliphatic heterocycles. The molecular formula is C17H31N3S. The minimum absolute atomic E-state index is 0.519. The molecule has 0 radical (unpaired) electrons. The summed E-state index contributed by atoms with van der Waals surface area (Å²) in [5, 5.41) is 7.82. The van der Waals surface area contributed by atoms with E-state index in [-0.39, 0.29) is 0 Å². The van der Waals surface area contributed by atoms with Crippen LogP contribution in [0.5, 0.6) is 0 Å². The van der Waals surface area contributed by atoms with E-state index in [4.69, 9.17) is 12.2 Å². The Morgan fingerprint density at radius 1 is 1.14 bits per heavy atom. The first-order chi connectivity index (χ1) is 9.97. The van der Waals surface area contributed by atoms with E-state index in [1.165, 1.54) is 38.5 Å². The fourth-order valence-corrected chi connectivity index (χ4v) is 5.78. The van der Waals surface area contributed by atoms with Crippen LogP contribution in [0.4, 0.5) is 0 Å². The third-order valence-electron chi connectivity index (χ3n) is 6.20. The van der Waals surface area contributed by atoms with Gasteiger partial charge in [-0.2, -0.15) is 0 Å². The van der Waals surface area contributed by atoms with Crippen molar-refractivity contribution >= 4 is 17.3 Å². The van der Waals surface area contributed by atoms with Gasteiger partial charge in [0.05, 0.1) is 0 Å². The van der Waals surface area contributed by atoms with Gasteiger partial charge in [-0.25, -0.2) is 0 Å². The molecule has 21 heavy (non-hydrogen) atoms. The van der Waals surface area contributed by atoms with Crippen molar-refractivity contribution in [2.45, 2.75) is 51.5 Å². The van der Waals surface area contributed by atoms with Crippen LogP contribution in [0.1, 0.15) is 45.4 Å². The maximum absolute atomic E-state index is 5.50.